The molecule has 0 aromatic rings. The standard InChI is InChI=1S/C8H15NO3S3/c1-2-15(11,12)8-6-14-4-3-9(8)7(10)5-13/h8,13H,2-6H2,1H3. The number of carbonyl (C=O) groups excluding carboxylic acids is 1. The van der Waals surface area contributed by atoms with Crippen LogP contribution in [0.5, 0.6) is 0 Å². The molecule has 15 heavy (non-hydrogen) atoms. The first kappa shape index (κ1) is 13.2. The number of sulfone groups is 1. The van der Waals surface area contributed by atoms with Gasteiger partial charge in [0.1, 0.15) is 5.37 Å². The Bertz CT molecular complexity index is 328. The fraction of sp³-hybridized carbons (Fsp3) is 0.875. The molecule has 7 heteroatoms. The molecule has 88 valence electrons. The summed E-state index contributed by atoms with van der Waals surface area (Å²) in [6, 6.07) is 0. The van der Waals surface area contributed by atoms with Gasteiger partial charge in [-0.2, -0.15) is 24.4 Å². The number of hydrogen-bond donors (Lipinski definition) is 1. The number of nitrogens with zero attached hydrogens (tertiary/aromatic N) is 1. The molecule has 1 aliphatic heterocycles. The molecule has 1 saturated heterocycles. The summed E-state index contributed by atoms with van der Waals surface area (Å²) in [5, 5.41) is -0.652. The third kappa shape index (κ3) is 3.04. The minimum atomic E-state index is -3.18. The Labute approximate surface area is 100 Å². The van der Waals surface area contributed by atoms with Gasteiger partial charge in [0, 0.05) is 23.8 Å². The first-order chi connectivity index (χ1) is 7.03. The lowest BCUT2D eigenvalue weighted by atomic mass is 10.4. The highest BCUT2D eigenvalue weighted by Gasteiger charge is 2.34. The Balaban J connectivity index is 2.88. The highest BCUT2D eigenvalue weighted by Crippen LogP contribution is 2.21. The largest absolute Gasteiger partial charge is 0.323 e. The monoisotopic (exact) mass is 269 g/mol. The third-order valence-electron chi connectivity index (χ3n) is 2.36. The fourth-order valence-corrected chi connectivity index (χ4v) is 4.62. The lowest BCUT2D eigenvalue weighted by Gasteiger charge is -2.34. The van der Waals surface area contributed by atoms with E-state index in [-0.39, 0.29) is 17.4 Å². The highest BCUT2D eigenvalue weighted by atomic mass is 32.2. The van der Waals surface area contributed by atoms with Gasteiger partial charge in [0.25, 0.3) is 0 Å². The van der Waals surface area contributed by atoms with Gasteiger partial charge in [0.15, 0.2) is 9.84 Å². The number of carbonyl (C=O) groups is 1. The molecule has 0 radical (unpaired) electrons. The summed E-state index contributed by atoms with van der Waals surface area (Å²) >= 11 is 5.48. The van der Waals surface area contributed by atoms with E-state index >= 15 is 0 Å². The van der Waals surface area contributed by atoms with Crippen molar-refractivity contribution >= 4 is 40.1 Å². The summed E-state index contributed by atoms with van der Waals surface area (Å²) in [4.78, 5) is 13.0. The summed E-state index contributed by atoms with van der Waals surface area (Å²) < 4.78 is 23.5. The van der Waals surface area contributed by atoms with Crippen LogP contribution in [0.2, 0.25) is 0 Å². The molecule has 1 aliphatic rings. The van der Waals surface area contributed by atoms with Crippen LogP contribution in [-0.4, -0.2) is 54.2 Å². The zero-order valence-electron chi connectivity index (χ0n) is 8.55. The quantitative estimate of drug-likeness (QED) is 0.746. The molecular formula is C8H15NO3S3. The van der Waals surface area contributed by atoms with Crippen molar-refractivity contribution in [3.05, 3.63) is 0 Å². The zero-order valence-corrected chi connectivity index (χ0v) is 11.1. The van der Waals surface area contributed by atoms with Crippen LogP contribution < -0.4 is 0 Å². The van der Waals surface area contributed by atoms with Crippen molar-refractivity contribution in [1.82, 2.24) is 4.90 Å². The second-order valence-electron chi connectivity index (χ2n) is 3.23. The van der Waals surface area contributed by atoms with Gasteiger partial charge in [-0.3, -0.25) is 4.79 Å². The SMILES string of the molecule is CCS(=O)(=O)C1CSCCN1C(=O)CS. The molecule has 0 aliphatic carbocycles. The topological polar surface area (TPSA) is 54.5 Å². The van der Waals surface area contributed by atoms with Crippen molar-refractivity contribution in [1.29, 1.82) is 0 Å². The molecule has 1 unspecified atom stereocenters. The lowest BCUT2D eigenvalue weighted by molar-refractivity contribution is -0.128. The van der Waals surface area contributed by atoms with E-state index in [2.05, 4.69) is 12.6 Å². The van der Waals surface area contributed by atoms with Crippen molar-refractivity contribution in [2.45, 2.75) is 12.3 Å². The molecule has 1 fully saturated rings. The Morgan fingerprint density at radius 2 is 2.27 bits per heavy atom. The smallest absolute Gasteiger partial charge is 0.233 e. The first-order valence-corrected chi connectivity index (χ1v) is 8.22. The molecule has 1 atom stereocenters. The number of thioether (sulfide) groups is 1. The van der Waals surface area contributed by atoms with E-state index in [4.69, 9.17) is 0 Å². The normalized spacial score (nSPS) is 22.8. The van der Waals surface area contributed by atoms with Crippen LogP contribution in [-0.2, 0) is 14.6 Å². The fourth-order valence-electron chi connectivity index (χ4n) is 1.45. The summed E-state index contributed by atoms with van der Waals surface area (Å²) in [7, 11) is -3.18. The average molecular weight is 269 g/mol. The molecule has 0 saturated carbocycles. The summed E-state index contributed by atoms with van der Waals surface area (Å²) in [5.74, 6) is 1.24. The number of amides is 1. The maximum absolute atomic E-state index is 11.8. The molecule has 0 aromatic carbocycles. The van der Waals surface area contributed by atoms with Gasteiger partial charge in [-0.1, -0.05) is 6.92 Å². The molecule has 1 amide bonds. The van der Waals surface area contributed by atoms with Crippen molar-refractivity contribution in [3.63, 3.8) is 0 Å². The second kappa shape index (κ2) is 5.45. The van der Waals surface area contributed by atoms with Gasteiger partial charge in [0.2, 0.25) is 5.91 Å². The van der Waals surface area contributed by atoms with E-state index < -0.39 is 15.2 Å². The Morgan fingerprint density at radius 3 is 2.80 bits per heavy atom. The van der Waals surface area contributed by atoms with Crippen molar-refractivity contribution in [2.75, 3.05) is 29.6 Å². The van der Waals surface area contributed by atoms with E-state index in [9.17, 15) is 13.2 Å². The highest BCUT2D eigenvalue weighted by molar-refractivity contribution is 8.01. The number of rotatable bonds is 3. The minimum Gasteiger partial charge on any atom is -0.323 e. The molecule has 0 aromatic heterocycles. The van der Waals surface area contributed by atoms with Gasteiger partial charge in [0.05, 0.1) is 5.75 Å². The van der Waals surface area contributed by atoms with Gasteiger partial charge in [-0.25, -0.2) is 8.42 Å². The average Bonchev–Trinajstić information content (AvgIpc) is 2.28. The second-order valence-corrected chi connectivity index (χ2v) is 7.14. The van der Waals surface area contributed by atoms with Crippen LogP contribution in [0, 0.1) is 0 Å². The number of thiol groups is 1. The lowest BCUT2D eigenvalue weighted by Crippen LogP contribution is -2.51. The molecule has 1 rings (SSSR count). The Hall–Kier alpha value is 0.120. The summed E-state index contributed by atoms with van der Waals surface area (Å²) in [5.41, 5.74) is 0. The summed E-state index contributed by atoms with van der Waals surface area (Å²) in [6.07, 6.45) is 0. The molecule has 1 heterocycles. The predicted molar refractivity (Wildman–Crippen MR) is 66.1 cm³/mol. The van der Waals surface area contributed by atoms with E-state index in [1.165, 1.54) is 4.90 Å². The maximum atomic E-state index is 11.8. The van der Waals surface area contributed by atoms with E-state index in [1.54, 1.807) is 18.7 Å². The molecule has 0 N–H and O–H groups in total. The first-order valence-electron chi connectivity index (χ1n) is 4.72. The zero-order chi connectivity index (χ0) is 11.5. The van der Waals surface area contributed by atoms with Crippen molar-refractivity contribution < 1.29 is 13.2 Å². The molecule has 0 spiro atoms. The van der Waals surface area contributed by atoms with Gasteiger partial charge in [-0.15, -0.1) is 0 Å². The maximum Gasteiger partial charge on any atom is 0.233 e. The Morgan fingerprint density at radius 1 is 1.60 bits per heavy atom. The predicted octanol–water partition coefficient (Wildman–Crippen LogP) is 0.252. The van der Waals surface area contributed by atoms with Crippen molar-refractivity contribution in [3.8, 4) is 0 Å². The number of hydrogen-bond acceptors (Lipinski definition) is 5. The third-order valence-corrected chi connectivity index (χ3v) is 5.92. The van der Waals surface area contributed by atoms with E-state index in [0.29, 0.717) is 12.3 Å². The van der Waals surface area contributed by atoms with Crippen LogP contribution in [0.1, 0.15) is 6.92 Å². The minimum absolute atomic E-state index is 0.0698. The van der Waals surface area contributed by atoms with E-state index in [0.717, 1.165) is 5.75 Å². The van der Waals surface area contributed by atoms with Crippen LogP contribution >= 0.6 is 24.4 Å². The van der Waals surface area contributed by atoms with Crippen LogP contribution in [0.4, 0.5) is 0 Å². The molecule has 4 nitrogen and oxygen atoms in total. The van der Waals surface area contributed by atoms with Crippen LogP contribution in [0.3, 0.4) is 0 Å². The molecule has 0 bridgehead atoms. The van der Waals surface area contributed by atoms with Crippen LogP contribution in [0.25, 0.3) is 0 Å². The van der Waals surface area contributed by atoms with Gasteiger partial charge >= 0.3 is 0 Å². The van der Waals surface area contributed by atoms with Crippen LogP contribution in [0.15, 0.2) is 0 Å². The van der Waals surface area contributed by atoms with E-state index in [1.807, 2.05) is 0 Å². The van der Waals surface area contributed by atoms with Crippen molar-refractivity contribution in [2.24, 2.45) is 0 Å². The molecular weight excluding hydrogens is 254 g/mol. The van der Waals surface area contributed by atoms with Gasteiger partial charge in [-0.05, 0) is 0 Å². The Kier molecular flexibility index (Phi) is 4.79. The van der Waals surface area contributed by atoms with Gasteiger partial charge < -0.3 is 4.90 Å². The summed E-state index contributed by atoms with van der Waals surface area (Å²) in [6.45, 7) is 2.12.